The molecule has 0 spiro atoms. The summed E-state index contributed by atoms with van der Waals surface area (Å²) in [5.74, 6) is 1.27. The van der Waals surface area contributed by atoms with Crippen molar-refractivity contribution in [2.24, 2.45) is 0 Å². The number of ether oxygens (including phenoxy) is 1. The molecule has 1 aromatic heterocycles. The molecule has 0 bridgehead atoms. The van der Waals surface area contributed by atoms with E-state index in [1.807, 2.05) is 36.1 Å². The second kappa shape index (κ2) is 7.14. The highest BCUT2D eigenvalue weighted by Crippen LogP contribution is 2.28. The third-order valence-corrected chi connectivity index (χ3v) is 5.12. The molecule has 2 aliphatic rings. The quantitative estimate of drug-likeness (QED) is 0.855. The highest BCUT2D eigenvalue weighted by molar-refractivity contribution is 5.78. The number of carbonyl (C=O) groups is 1. The van der Waals surface area contributed by atoms with Crippen LogP contribution in [0.25, 0.3) is 11.1 Å². The van der Waals surface area contributed by atoms with Gasteiger partial charge >= 0.3 is 0 Å². The monoisotopic (exact) mass is 343 g/mol. The molecule has 134 valence electrons. The van der Waals surface area contributed by atoms with Crippen molar-refractivity contribution < 1.29 is 13.9 Å². The predicted molar refractivity (Wildman–Crippen MR) is 94.4 cm³/mol. The Kier molecular flexibility index (Phi) is 4.72. The van der Waals surface area contributed by atoms with Crippen LogP contribution < -0.4 is 0 Å². The van der Waals surface area contributed by atoms with Gasteiger partial charge in [0.05, 0.1) is 19.3 Å². The van der Waals surface area contributed by atoms with Crippen molar-refractivity contribution in [3.63, 3.8) is 0 Å². The van der Waals surface area contributed by atoms with Crippen LogP contribution in [0.2, 0.25) is 0 Å². The zero-order valence-corrected chi connectivity index (χ0v) is 14.7. The minimum atomic E-state index is 0.131. The number of fused-ring (bicyclic) bond motifs is 1. The van der Waals surface area contributed by atoms with Gasteiger partial charge in [-0.05, 0) is 38.4 Å². The van der Waals surface area contributed by atoms with Crippen LogP contribution in [0.15, 0.2) is 28.7 Å². The topological polar surface area (TPSA) is 58.8 Å². The Balaban J connectivity index is 1.39. The van der Waals surface area contributed by atoms with Crippen LogP contribution in [0, 0.1) is 0 Å². The van der Waals surface area contributed by atoms with E-state index in [0.29, 0.717) is 26.2 Å². The van der Waals surface area contributed by atoms with Crippen molar-refractivity contribution in [3.8, 4) is 0 Å². The Morgan fingerprint density at radius 1 is 1.28 bits per heavy atom. The summed E-state index contributed by atoms with van der Waals surface area (Å²) in [5, 5.41) is 0. The largest absolute Gasteiger partial charge is 0.440 e. The van der Waals surface area contributed by atoms with E-state index in [9.17, 15) is 4.79 Å². The summed E-state index contributed by atoms with van der Waals surface area (Å²) in [6.07, 6.45) is 2.26. The lowest BCUT2D eigenvalue weighted by molar-refractivity contribution is -0.139. The lowest BCUT2D eigenvalue weighted by atomic mass is 9.98. The number of aromatic nitrogens is 1. The van der Waals surface area contributed by atoms with Gasteiger partial charge in [-0.15, -0.1) is 0 Å². The molecule has 0 radical (unpaired) electrons. The Morgan fingerprint density at radius 3 is 3.00 bits per heavy atom. The number of amides is 1. The van der Waals surface area contributed by atoms with Gasteiger partial charge in [0.1, 0.15) is 5.52 Å². The van der Waals surface area contributed by atoms with E-state index in [1.165, 1.54) is 0 Å². The molecule has 3 heterocycles. The Morgan fingerprint density at radius 2 is 2.16 bits per heavy atom. The fourth-order valence-corrected chi connectivity index (χ4v) is 3.80. The number of oxazole rings is 1. The molecular weight excluding hydrogens is 318 g/mol. The fourth-order valence-electron chi connectivity index (χ4n) is 3.80. The van der Waals surface area contributed by atoms with Gasteiger partial charge in [-0.25, -0.2) is 4.98 Å². The molecule has 2 fully saturated rings. The molecule has 6 heteroatoms. The van der Waals surface area contributed by atoms with Gasteiger partial charge in [0, 0.05) is 25.6 Å². The molecule has 2 aliphatic heterocycles. The number of hydrogen-bond donors (Lipinski definition) is 0. The van der Waals surface area contributed by atoms with Gasteiger partial charge in [0.25, 0.3) is 0 Å². The molecule has 0 aliphatic carbocycles. The Labute approximate surface area is 147 Å². The van der Waals surface area contributed by atoms with Crippen molar-refractivity contribution in [2.75, 3.05) is 39.3 Å². The van der Waals surface area contributed by atoms with Crippen LogP contribution in [0.3, 0.4) is 0 Å². The first-order valence-electron chi connectivity index (χ1n) is 9.16. The third kappa shape index (κ3) is 3.70. The highest BCUT2D eigenvalue weighted by atomic mass is 16.5. The van der Waals surface area contributed by atoms with Gasteiger partial charge in [-0.1, -0.05) is 12.1 Å². The van der Waals surface area contributed by atoms with Gasteiger partial charge in [-0.2, -0.15) is 0 Å². The number of nitrogens with zero attached hydrogens (tertiary/aromatic N) is 3. The molecule has 4 rings (SSSR count). The molecule has 25 heavy (non-hydrogen) atoms. The van der Waals surface area contributed by atoms with E-state index < -0.39 is 0 Å². The lowest BCUT2D eigenvalue weighted by Gasteiger charge is -2.35. The van der Waals surface area contributed by atoms with Crippen molar-refractivity contribution >= 4 is 17.0 Å². The lowest BCUT2D eigenvalue weighted by Crippen LogP contribution is -2.49. The Bertz CT molecular complexity index is 711. The molecule has 2 aromatic rings. The van der Waals surface area contributed by atoms with Gasteiger partial charge in [0.2, 0.25) is 5.91 Å². The summed E-state index contributed by atoms with van der Waals surface area (Å²) in [5.41, 5.74) is 1.75. The number of hydrogen-bond acceptors (Lipinski definition) is 5. The van der Waals surface area contributed by atoms with Crippen LogP contribution in [0.4, 0.5) is 0 Å². The van der Waals surface area contributed by atoms with Gasteiger partial charge < -0.3 is 14.1 Å². The van der Waals surface area contributed by atoms with E-state index in [4.69, 9.17) is 9.15 Å². The summed E-state index contributed by atoms with van der Waals surface area (Å²) in [4.78, 5) is 21.4. The SMILES string of the molecule is C[C@@H]1CN(C(=O)CN2CCC[C@@H](c3nc4ccccc4o3)C2)CCO1. The summed E-state index contributed by atoms with van der Waals surface area (Å²) in [7, 11) is 0. The molecule has 0 unspecified atom stereocenters. The summed E-state index contributed by atoms with van der Waals surface area (Å²) < 4.78 is 11.5. The van der Waals surface area contributed by atoms with Gasteiger partial charge in [-0.3, -0.25) is 9.69 Å². The number of benzene rings is 1. The van der Waals surface area contributed by atoms with E-state index in [2.05, 4.69) is 9.88 Å². The number of piperidine rings is 1. The minimum Gasteiger partial charge on any atom is -0.440 e. The summed E-state index contributed by atoms with van der Waals surface area (Å²) in [6.45, 7) is 6.32. The first kappa shape index (κ1) is 16.5. The van der Waals surface area contributed by atoms with Crippen molar-refractivity contribution in [1.82, 2.24) is 14.8 Å². The zero-order valence-electron chi connectivity index (χ0n) is 14.7. The van der Waals surface area contributed by atoms with E-state index in [-0.39, 0.29) is 17.9 Å². The highest BCUT2D eigenvalue weighted by Gasteiger charge is 2.28. The second-order valence-corrected chi connectivity index (χ2v) is 7.12. The third-order valence-electron chi connectivity index (χ3n) is 5.12. The van der Waals surface area contributed by atoms with Crippen LogP contribution in [0.1, 0.15) is 31.6 Å². The van der Waals surface area contributed by atoms with E-state index in [0.717, 1.165) is 42.9 Å². The minimum absolute atomic E-state index is 0.131. The normalized spacial score (nSPS) is 25.4. The average molecular weight is 343 g/mol. The van der Waals surface area contributed by atoms with Crippen LogP contribution in [0.5, 0.6) is 0 Å². The van der Waals surface area contributed by atoms with E-state index >= 15 is 0 Å². The molecule has 2 saturated heterocycles. The standard InChI is InChI=1S/C19H25N3O3/c1-14-11-22(9-10-24-14)18(23)13-21-8-4-5-15(12-21)19-20-16-6-2-3-7-17(16)25-19/h2-3,6-7,14-15H,4-5,8-13H2,1H3/t14-,15-/m1/s1. The van der Waals surface area contributed by atoms with E-state index in [1.54, 1.807) is 0 Å². The molecule has 1 amide bonds. The fraction of sp³-hybridized carbons (Fsp3) is 0.579. The number of para-hydroxylation sites is 2. The first-order chi connectivity index (χ1) is 12.2. The molecule has 0 saturated carbocycles. The molecule has 0 N–H and O–H groups in total. The molecule has 1 aromatic carbocycles. The summed E-state index contributed by atoms with van der Waals surface area (Å²) in [6, 6.07) is 7.87. The maximum atomic E-state index is 12.6. The Hall–Kier alpha value is -1.92. The maximum Gasteiger partial charge on any atom is 0.236 e. The van der Waals surface area contributed by atoms with Crippen LogP contribution in [-0.2, 0) is 9.53 Å². The van der Waals surface area contributed by atoms with Crippen LogP contribution >= 0.6 is 0 Å². The molecular formula is C19H25N3O3. The zero-order chi connectivity index (χ0) is 17.2. The molecule has 6 nitrogen and oxygen atoms in total. The maximum absolute atomic E-state index is 12.6. The predicted octanol–water partition coefficient (Wildman–Crippen LogP) is 2.25. The number of morpholine rings is 1. The molecule has 2 atom stereocenters. The number of rotatable bonds is 3. The van der Waals surface area contributed by atoms with Crippen LogP contribution in [-0.4, -0.2) is 66.1 Å². The van der Waals surface area contributed by atoms with Crippen molar-refractivity contribution in [2.45, 2.75) is 31.8 Å². The number of carbonyl (C=O) groups excluding carboxylic acids is 1. The number of likely N-dealkylation sites (tertiary alicyclic amines) is 1. The van der Waals surface area contributed by atoms with Crippen molar-refractivity contribution in [1.29, 1.82) is 0 Å². The second-order valence-electron chi connectivity index (χ2n) is 7.12. The van der Waals surface area contributed by atoms with Crippen molar-refractivity contribution in [3.05, 3.63) is 30.2 Å². The average Bonchev–Trinajstić information content (AvgIpc) is 3.06. The smallest absolute Gasteiger partial charge is 0.236 e. The summed E-state index contributed by atoms with van der Waals surface area (Å²) >= 11 is 0. The first-order valence-corrected chi connectivity index (χ1v) is 9.16. The van der Waals surface area contributed by atoms with Gasteiger partial charge in [0.15, 0.2) is 11.5 Å².